The van der Waals surface area contributed by atoms with Crippen molar-refractivity contribution in [1.82, 2.24) is 9.88 Å². The Balaban J connectivity index is 1.33. The molecule has 37 heavy (non-hydrogen) atoms. The summed E-state index contributed by atoms with van der Waals surface area (Å²) >= 11 is 14.4. The second kappa shape index (κ2) is 12.7. The number of carboxylic acids is 1. The minimum Gasteiger partial charge on any atom is -0.497 e. The maximum Gasteiger partial charge on any atom is 0.309 e. The van der Waals surface area contributed by atoms with Crippen LogP contribution in [0.3, 0.4) is 0 Å². The van der Waals surface area contributed by atoms with Crippen LogP contribution in [0.1, 0.15) is 43.8 Å². The number of rotatable bonds is 11. The second-order valence-electron chi connectivity index (χ2n) is 9.52. The van der Waals surface area contributed by atoms with Crippen molar-refractivity contribution in [2.45, 2.75) is 43.1 Å². The number of piperidine rings is 1. The van der Waals surface area contributed by atoms with Crippen molar-refractivity contribution >= 4 is 51.8 Å². The number of halogens is 2. The van der Waals surface area contributed by atoms with E-state index in [1.807, 2.05) is 42.5 Å². The number of thioether (sulfide) groups is 1. The zero-order chi connectivity index (χ0) is 26.4. The molecule has 2 heterocycles. The molecule has 9 heteroatoms. The third-order valence-corrected chi connectivity index (χ3v) is 9.18. The summed E-state index contributed by atoms with van der Waals surface area (Å²) in [5, 5.41) is 23.1. The van der Waals surface area contributed by atoms with E-state index in [1.54, 1.807) is 18.9 Å². The predicted molar refractivity (Wildman–Crippen MR) is 150 cm³/mol. The fraction of sp³-hybridized carbons (Fsp3) is 0.429. The highest BCUT2D eigenvalue weighted by atomic mass is 35.5. The molecule has 1 saturated heterocycles. The van der Waals surface area contributed by atoms with E-state index < -0.39 is 17.5 Å². The number of carbonyl (C=O) groups is 1. The Kier molecular flexibility index (Phi) is 9.59. The highest BCUT2D eigenvalue weighted by Gasteiger charge is 2.41. The van der Waals surface area contributed by atoms with Gasteiger partial charge in [-0.2, -0.15) is 0 Å². The molecule has 2 N–H and O–H groups in total. The lowest BCUT2D eigenvalue weighted by Gasteiger charge is -2.39. The zero-order valence-electron chi connectivity index (χ0n) is 20.8. The third-order valence-electron chi connectivity index (χ3n) is 7.28. The van der Waals surface area contributed by atoms with Crippen molar-refractivity contribution in [3.8, 4) is 5.75 Å². The van der Waals surface area contributed by atoms with Crippen LogP contribution in [0.4, 0.5) is 0 Å². The summed E-state index contributed by atoms with van der Waals surface area (Å²) in [7, 11) is 1.58. The molecule has 2 aromatic carbocycles. The van der Waals surface area contributed by atoms with Gasteiger partial charge in [-0.25, -0.2) is 0 Å². The number of aliphatic hydroxyl groups is 1. The van der Waals surface area contributed by atoms with Crippen LogP contribution < -0.4 is 4.74 Å². The number of ether oxygens (including phenoxy) is 1. The SMILES string of the molecule is COc1ccc2ncc(Cl)c([C@@H](O)CCC3(C(=O)O)CCN(CCCSc4ccccc4Cl)CC3)c2c1. The van der Waals surface area contributed by atoms with E-state index in [4.69, 9.17) is 27.9 Å². The first-order chi connectivity index (χ1) is 17.8. The number of likely N-dealkylation sites (tertiary alicyclic amines) is 1. The molecule has 1 aliphatic rings. The van der Waals surface area contributed by atoms with Gasteiger partial charge in [-0.15, -0.1) is 11.8 Å². The van der Waals surface area contributed by atoms with Crippen LogP contribution in [0.15, 0.2) is 53.6 Å². The third kappa shape index (κ3) is 6.70. The number of benzene rings is 2. The molecule has 0 aliphatic carbocycles. The van der Waals surface area contributed by atoms with Gasteiger partial charge in [0.25, 0.3) is 0 Å². The Bertz CT molecular complexity index is 1230. The van der Waals surface area contributed by atoms with Crippen LogP contribution in [-0.2, 0) is 4.79 Å². The Hall–Kier alpha value is -2.03. The van der Waals surface area contributed by atoms with Crippen molar-refractivity contribution in [2.24, 2.45) is 5.41 Å². The molecule has 1 fully saturated rings. The number of aliphatic carboxylic acids is 1. The van der Waals surface area contributed by atoms with Crippen molar-refractivity contribution in [3.05, 3.63) is 64.3 Å². The molecule has 0 saturated carbocycles. The van der Waals surface area contributed by atoms with E-state index in [-0.39, 0.29) is 0 Å². The number of pyridine rings is 1. The van der Waals surface area contributed by atoms with Crippen LogP contribution in [0.25, 0.3) is 10.9 Å². The van der Waals surface area contributed by atoms with Gasteiger partial charge in [0.1, 0.15) is 5.75 Å². The van der Waals surface area contributed by atoms with Gasteiger partial charge in [-0.05, 0) is 87.8 Å². The minimum atomic E-state index is -0.902. The number of hydrogen-bond donors (Lipinski definition) is 2. The summed E-state index contributed by atoms with van der Waals surface area (Å²) in [4.78, 5) is 20.1. The van der Waals surface area contributed by atoms with Gasteiger partial charge < -0.3 is 19.8 Å². The molecule has 0 bridgehead atoms. The summed E-state index contributed by atoms with van der Waals surface area (Å²) in [6, 6.07) is 13.3. The molecule has 198 valence electrons. The highest BCUT2D eigenvalue weighted by molar-refractivity contribution is 7.99. The molecule has 4 rings (SSSR count). The number of fused-ring (bicyclic) bond motifs is 1. The Morgan fingerprint density at radius 1 is 1.19 bits per heavy atom. The van der Waals surface area contributed by atoms with Gasteiger partial charge in [0.15, 0.2) is 0 Å². The summed E-state index contributed by atoms with van der Waals surface area (Å²) in [6.45, 7) is 2.39. The molecule has 0 radical (unpaired) electrons. The Morgan fingerprint density at radius 2 is 1.95 bits per heavy atom. The van der Waals surface area contributed by atoms with Gasteiger partial charge in [0, 0.05) is 22.0 Å². The number of aromatic nitrogens is 1. The van der Waals surface area contributed by atoms with Crippen molar-refractivity contribution in [3.63, 3.8) is 0 Å². The first kappa shape index (κ1) is 28.0. The van der Waals surface area contributed by atoms with Crippen LogP contribution in [0, 0.1) is 5.41 Å². The molecular weight excluding hydrogens is 531 g/mol. The van der Waals surface area contributed by atoms with Gasteiger partial charge in [0.05, 0.1) is 34.2 Å². The summed E-state index contributed by atoms with van der Waals surface area (Å²) in [5.74, 6) is 0.813. The van der Waals surface area contributed by atoms with Crippen LogP contribution >= 0.6 is 35.0 Å². The first-order valence-electron chi connectivity index (χ1n) is 12.5. The highest BCUT2D eigenvalue weighted by Crippen LogP contribution is 2.41. The van der Waals surface area contributed by atoms with Crippen LogP contribution in [0.5, 0.6) is 5.75 Å². The molecule has 3 aromatic rings. The van der Waals surface area contributed by atoms with Gasteiger partial charge in [-0.1, -0.05) is 35.3 Å². The largest absolute Gasteiger partial charge is 0.497 e. The maximum atomic E-state index is 12.4. The normalized spacial score (nSPS) is 16.5. The van der Waals surface area contributed by atoms with Crippen molar-refractivity contribution < 1.29 is 19.7 Å². The summed E-state index contributed by atoms with van der Waals surface area (Å²) in [6.07, 6.45) is 3.44. The van der Waals surface area contributed by atoms with Crippen molar-refractivity contribution in [1.29, 1.82) is 0 Å². The fourth-order valence-corrected chi connectivity index (χ4v) is 6.45. The van der Waals surface area contributed by atoms with Gasteiger partial charge in [0.2, 0.25) is 0 Å². The number of nitrogens with zero attached hydrogens (tertiary/aromatic N) is 2. The monoisotopic (exact) mass is 562 g/mol. The van der Waals surface area contributed by atoms with E-state index in [9.17, 15) is 15.0 Å². The van der Waals surface area contributed by atoms with Crippen LogP contribution in [0.2, 0.25) is 10.0 Å². The van der Waals surface area contributed by atoms with E-state index in [0.717, 1.165) is 41.7 Å². The average Bonchev–Trinajstić information content (AvgIpc) is 2.90. The van der Waals surface area contributed by atoms with E-state index in [1.165, 1.54) is 6.20 Å². The second-order valence-corrected chi connectivity index (χ2v) is 11.5. The van der Waals surface area contributed by atoms with Crippen molar-refractivity contribution in [2.75, 3.05) is 32.5 Å². The van der Waals surface area contributed by atoms with Crippen LogP contribution in [-0.4, -0.2) is 58.6 Å². The van der Waals surface area contributed by atoms with E-state index >= 15 is 0 Å². The topological polar surface area (TPSA) is 82.9 Å². The molecule has 0 amide bonds. The number of carboxylic acid groups (broad SMARTS) is 1. The number of methoxy groups -OCH3 is 1. The minimum absolute atomic E-state index is 0.302. The molecule has 1 aliphatic heterocycles. The van der Waals surface area contributed by atoms with Gasteiger partial charge in [-0.3, -0.25) is 9.78 Å². The predicted octanol–water partition coefficient (Wildman–Crippen LogP) is 6.71. The lowest BCUT2D eigenvalue weighted by Crippen LogP contribution is -2.44. The number of hydrogen-bond acceptors (Lipinski definition) is 6. The van der Waals surface area contributed by atoms with Gasteiger partial charge >= 0.3 is 5.97 Å². The lowest BCUT2D eigenvalue weighted by atomic mass is 9.74. The molecule has 0 unspecified atom stereocenters. The lowest BCUT2D eigenvalue weighted by molar-refractivity contribution is -0.153. The number of aliphatic hydroxyl groups excluding tert-OH is 1. The van der Waals surface area contributed by atoms with E-state index in [2.05, 4.69) is 9.88 Å². The smallest absolute Gasteiger partial charge is 0.309 e. The summed E-state index contributed by atoms with van der Waals surface area (Å²) < 4.78 is 5.33. The maximum absolute atomic E-state index is 12.4. The average molecular weight is 564 g/mol. The Morgan fingerprint density at radius 3 is 2.65 bits per heavy atom. The molecule has 6 nitrogen and oxygen atoms in total. The molecule has 1 atom stereocenters. The molecule has 0 spiro atoms. The quantitative estimate of drug-likeness (QED) is 0.198. The van der Waals surface area contributed by atoms with E-state index in [0.29, 0.717) is 52.9 Å². The zero-order valence-corrected chi connectivity index (χ0v) is 23.2. The molecular formula is C28H32Cl2N2O4S. The molecule has 1 aromatic heterocycles. The Labute approximate surface area is 231 Å². The standard InChI is InChI=1S/C28H32Cl2N2O4S/c1-36-19-7-8-23-20(17-19)26(22(30)18-31-23)24(33)9-10-28(27(34)35)11-14-32(15-12-28)13-4-16-37-25-6-3-2-5-21(25)29/h2-3,5-8,17-18,24,33H,4,9-16H2,1H3,(H,34,35)/t24-/m0/s1. The fourth-order valence-electron chi connectivity index (χ4n) is 5.00. The first-order valence-corrected chi connectivity index (χ1v) is 14.2. The summed E-state index contributed by atoms with van der Waals surface area (Å²) in [5.41, 5.74) is 0.421.